The maximum atomic E-state index is 11.6. The van der Waals surface area contributed by atoms with Crippen molar-refractivity contribution < 1.29 is 9.90 Å². The number of fused-ring (bicyclic) bond motifs is 3. The maximum absolute atomic E-state index is 11.6. The van der Waals surface area contributed by atoms with Crippen LogP contribution in [0.5, 0.6) is 0 Å². The van der Waals surface area contributed by atoms with Crippen LogP contribution in [0.1, 0.15) is 36.6 Å². The predicted molar refractivity (Wildman–Crippen MR) is 91.6 cm³/mol. The first-order valence-electron chi connectivity index (χ1n) is 8.02. The number of halogens is 1. The van der Waals surface area contributed by atoms with Crippen molar-refractivity contribution in [3.05, 3.63) is 15.7 Å². The summed E-state index contributed by atoms with van der Waals surface area (Å²) in [5.41, 5.74) is 1.31. The molecule has 5 nitrogen and oxygen atoms in total. The topological polar surface area (TPSA) is 66.3 Å². The second-order valence-electron chi connectivity index (χ2n) is 6.54. The Morgan fingerprint density at radius 1 is 1.39 bits per heavy atom. The Morgan fingerprint density at radius 3 is 3.00 bits per heavy atom. The lowest BCUT2D eigenvalue weighted by Crippen LogP contribution is -2.36. The molecule has 23 heavy (non-hydrogen) atoms. The third-order valence-electron chi connectivity index (χ3n) is 4.92. The molecule has 1 fully saturated rings. The van der Waals surface area contributed by atoms with Crippen molar-refractivity contribution in [1.82, 2.24) is 9.97 Å². The van der Waals surface area contributed by atoms with Crippen molar-refractivity contribution in [2.75, 3.05) is 11.4 Å². The van der Waals surface area contributed by atoms with Gasteiger partial charge in [-0.3, -0.25) is 0 Å². The monoisotopic (exact) mass is 351 g/mol. The van der Waals surface area contributed by atoms with Crippen molar-refractivity contribution in [2.45, 2.75) is 45.1 Å². The van der Waals surface area contributed by atoms with Gasteiger partial charge in [-0.1, -0.05) is 6.92 Å². The fraction of sp³-hybridized carbons (Fsp3) is 0.562. The number of aliphatic carboxylic acids is 1. The summed E-state index contributed by atoms with van der Waals surface area (Å²) in [5.74, 6) is 0.612. The lowest BCUT2D eigenvalue weighted by Gasteiger charge is -2.24. The fourth-order valence-electron chi connectivity index (χ4n) is 3.78. The van der Waals surface area contributed by atoms with Gasteiger partial charge in [0.05, 0.1) is 5.39 Å². The fourth-order valence-corrected chi connectivity index (χ4v) is 5.37. The van der Waals surface area contributed by atoms with E-state index in [1.165, 1.54) is 10.4 Å². The van der Waals surface area contributed by atoms with E-state index in [1.807, 2.05) is 4.90 Å². The molecule has 1 aliphatic carbocycles. The lowest BCUT2D eigenvalue weighted by molar-refractivity contribution is -0.138. The molecule has 0 bridgehead atoms. The molecule has 0 saturated carbocycles. The zero-order valence-corrected chi connectivity index (χ0v) is 14.5. The second-order valence-corrected chi connectivity index (χ2v) is 7.96. The van der Waals surface area contributed by atoms with Crippen LogP contribution in [-0.4, -0.2) is 33.6 Å². The Bertz CT molecular complexity index is 791. The molecule has 0 amide bonds. The lowest BCUT2D eigenvalue weighted by atomic mass is 9.89. The van der Waals surface area contributed by atoms with Gasteiger partial charge in [0.2, 0.25) is 5.28 Å². The van der Waals surface area contributed by atoms with E-state index < -0.39 is 12.0 Å². The van der Waals surface area contributed by atoms with Gasteiger partial charge in [-0.2, -0.15) is 4.98 Å². The molecule has 2 aliphatic rings. The predicted octanol–water partition coefficient (Wildman–Crippen LogP) is 3.52. The number of aryl methyl sites for hydroxylation is 1. The number of thiophene rings is 1. The summed E-state index contributed by atoms with van der Waals surface area (Å²) >= 11 is 7.82. The molecule has 2 unspecified atom stereocenters. The molecule has 7 heteroatoms. The van der Waals surface area contributed by atoms with Crippen molar-refractivity contribution >= 4 is 44.9 Å². The summed E-state index contributed by atoms with van der Waals surface area (Å²) in [6.07, 6.45) is 4.75. The van der Waals surface area contributed by atoms with Gasteiger partial charge in [-0.15, -0.1) is 11.3 Å². The first-order valence-corrected chi connectivity index (χ1v) is 9.21. The minimum absolute atomic E-state index is 0.204. The number of hydrogen-bond donors (Lipinski definition) is 1. The van der Waals surface area contributed by atoms with E-state index in [1.54, 1.807) is 11.3 Å². The van der Waals surface area contributed by atoms with E-state index in [0.29, 0.717) is 18.9 Å². The summed E-state index contributed by atoms with van der Waals surface area (Å²) in [6.45, 7) is 2.98. The number of carboxylic acid groups (broad SMARTS) is 1. The van der Waals surface area contributed by atoms with Crippen molar-refractivity contribution in [1.29, 1.82) is 0 Å². The maximum Gasteiger partial charge on any atom is 0.326 e. The number of aromatic nitrogens is 2. The Balaban J connectivity index is 1.90. The molecule has 122 valence electrons. The zero-order valence-electron chi connectivity index (χ0n) is 12.9. The van der Waals surface area contributed by atoms with Crippen LogP contribution in [0.2, 0.25) is 5.28 Å². The van der Waals surface area contributed by atoms with Crippen LogP contribution in [0.25, 0.3) is 10.2 Å². The molecule has 0 radical (unpaired) electrons. The highest BCUT2D eigenvalue weighted by Gasteiger charge is 2.34. The van der Waals surface area contributed by atoms with Crippen LogP contribution in [0.3, 0.4) is 0 Å². The first kappa shape index (κ1) is 15.1. The highest BCUT2D eigenvalue weighted by atomic mass is 35.5. The summed E-state index contributed by atoms with van der Waals surface area (Å²) in [6, 6.07) is -0.512. The van der Waals surface area contributed by atoms with Crippen LogP contribution < -0.4 is 4.90 Å². The molecular weight excluding hydrogens is 334 g/mol. The standard InChI is InChI=1S/C16H18ClN3O2S/c1-8-4-5-9-11(7-8)23-14-12(9)13(18-16(17)19-14)20-6-2-3-10(20)15(21)22/h8,10H,2-7H2,1H3,(H,21,22). The van der Waals surface area contributed by atoms with E-state index in [2.05, 4.69) is 16.9 Å². The number of hydrogen-bond acceptors (Lipinski definition) is 5. The summed E-state index contributed by atoms with van der Waals surface area (Å²) < 4.78 is 0. The molecule has 0 spiro atoms. The normalized spacial score (nSPS) is 24.2. The average molecular weight is 352 g/mol. The Hall–Kier alpha value is -1.40. The summed E-state index contributed by atoms with van der Waals surface area (Å²) in [7, 11) is 0. The van der Waals surface area contributed by atoms with Crippen LogP contribution in [0, 0.1) is 5.92 Å². The van der Waals surface area contributed by atoms with E-state index >= 15 is 0 Å². The second kappa shape index (κ2) is 5.60. The molecule has 2 aromatic rings. The van der Waals surface area contributed by atoms with Gasteiger partial charge in [-0.25, -0.2) is 9.78 Å². The number of carboxylic acids is 1. The van der Waals surface area contributed by atoms with Crippen molar-refractivity contribution in [3.8, 4) is 0 Å². The van der Waals surface area contributed by atoms with Crippen molar-refractivity contribution in [3.63, 3.8) is 0 Å². The largest absolute Gasteiger partial charge is 0.480 e. The average Bonchev–Trinajstić information content (AvgIpc) is 3.09. The molecule has 1 saturated heterocycles. The van der Waals surface area contributed by atoms with Gasteiger partial charge >= 0.3 is 5.97 Å². The number of rotatable bonds is 2. The molecule has 4 rings (SSSR count). The van der Waals surface area contributed by atoms with Crippen LogP contribution >= 0.6 is 22.9 Å². The molecule has 2 atom stereocenters. The van der Waals surface area contributed by atoms with Gasteiger partial charge in [0.15, 0.2) is 0 Å². The highest BCUT2D eigenvalue weighted by molar-refractivity contribution is 7.19. The molecule has 2 aromatic heterocycles. The Kier molecular flexibility index (Phi) is 3.69. The summed E-state index contributed by atoms with van der Waals surface area (Å²) in [5, 5.41) is 10.7. The Morgan fingerprint density at radius 2 is 2.22 bits per heavy atom. The van der Waals surface area contributed by atoms with Crippen LogP contribution in [0.15, 0.2) is 0 Å². The number of nitrogens with zero attached hydrogens (tertiary/aromatic N) is 3. The Labute approximate surface area is 143 Å². The van der Waals surface area contributed by atoms with Gasteiger partial charge in [-0.05, 0) is 55.2 Å². The third-order valence-corrected chi connectivity index (χ3v) is 6.24. The molecule has 0 aromatic carbocycles. The quantitative estimate of drug-likeness (QED) is 0.838. The number of anilines is 1. The van der Waals surface area contributed by atoms with Gasteiger partial charge in [0, 0.05) is 11.4 Å². The zero-order chi connectivity index (χ0) is 16.1. The molecule has 1 aliphatic heterocycles. The van der Waals surface area contributed by atoms with E-state index in [-0.39, 0.29) is 5.28 Å². The minimum atomic E-state index is -0.789. The van der Waals surface area contributed by atoms with E-state index in [0.717, 1.165) is 41.7 Å². The van der Waals surface area contributed by atoms with Gasteiger partial charge < -0.3 is 10.0 Å². The van der Waals surface area contributed by atoms with E-state index in [9.17, 15) is 9.90 Å². The van der Waals surface area contributed by atoms with Crippen LogP contribution in [-0.2, 0) is 17.6 Å². The van der Waals surface area contributed by atoms with Crippen molar-refractivity contribution in [2.24, 2.45) is 5.92 Å². The smallest absolute Gasteiger partial charge is 0.326 e. The van der Waals surface area contributed by atoms with Crippen LogP contribution in [0.4, 0.5) is 5.82 Å². The molecule has 3 heterocycles. The number of carbonyl (C=O) groups is 1. The molecular formula is C16H18ClN3O2S. The third kappa shape index (κ3) is 2.48. The SMILES string of the molecule is CC1CCc2c(sc3nc(Cl)nc(N4CCCC4C(=O)O)c23)C1. The minimum Gasteiger partial charge on any atom is -0.480 e. The van der Waals surface area contributed by atoms with Gasteiger partial charge in [0.25, 0.3) is 0 Å². The van der Waals surface area contributed by atoms with Gasteiger partial charge in [0.1, 0.15) is 16.7 Å². The summed E-state index contributed by atoms with van der Waals surface area (Å²) in [4.78, 5) is 24.6. The highest BCUT2D eigenvalue weighted by Crippen LogP contribution is 2.42. The first-order chi connectivity index (χ1) is 11.0. The van der Waals surface area contributed by atoms with E-state index in [4.69, 9.17) is 11.6 Å². The molecule has 1 N–H and O–H groups in total.